The second-order valence-corrected chi connectivity index (χ2v) is 8.59. The molecular weight excluding hydrogens is 395 g/mol. The molecule has 1 fully saturated rings. The highest BCUT2D eigenvalue weighted by atomic mass is 16.4. The third kappa shape index (κ3) is 5.67. The van der Waals surface area contributed by atoms with E-state index >= 15 is 0 Å². The Morgan fingerprint density at radius 2 is 2.00 bits per heavy atom. The highest BCUT2D eigenvalue weighted by molar-refractivity contribution is 6.40. The number of piperidine rings is 1. The first-order valence-corrected chi connectivity index (χ1v) is 11.1. The number of nitrogens with zero attached hydrogens (tertiary/aromatic N) is 2. The van der Waals surface area contributed by atoms with Crippen LogP contribution in [0.3, 0.4) is 0 Å². The van der Waals surface area contributed by atoms with Gasteiger partial charge in [0.1, 0.15) is 5.54 Å². The summed E-state index contributed by atoms with van der Waals surface area (Å²) in [5.74, 6) is -0.721. The molecule has 168 valence electrons. The fourth-order valence-corrected chi connectivity index (χ4v) is 4.60. The molecule has 0 saturated carbocycles. The monoisotopic (exact) mass is 428 g/mol. The van der Waals surface area contributed by atoms with Gasteiger partial charge in [0, 0.05) is 18.7 Å². The molecule has 0 spiro atoms. The smallest absolute Gasteiger partial charge is 0.451 e. The normalized spacial score (nSPS) is 19.1. The van der Waals surface area contributed by atoms with Crippen molar-refractivity contribution in [1.29, 1.82) is 0 Å². The van der Waals surface area contributed by atoms with Crippen LogP contribution in [-0.4, -0.2) is 57.7 Å². The van der Waals surface area contributed by atoms with Crippen molar-refractivity contribution in [2.24, 2.45) is 22.4 Å². The SMILES string of the molecule is NC(=Nc1cccc2c1C=CCC2)N1CCC(C(N)(CCCCB(O)O)C(=O)O)CC1. The number of carboxylic acid groups (broad SMARTS) is 1. The van der Waals surface area contributed by atoms with Crippen LogP contribution in [0.5, 0.6) is 0 Å². The summed E-state index contributed by atoms with van der Waals surface area (Å²) in [6.07, 6.45) is 9.13. The van der Waals surface area contributed by atoms with Crippen LogP contribution in [0.4, 0.5) is 5.69 Å². The number of aliphatic carboxylic acids is 1. The number of nitrogens with two attached hydrogens (primary N) is 2. The summed E-state index contributed by atoms with van der Waals surface area (Å²) >= 11 is 0. The summed E-state index contributed by atoms with van der Waals surface area (Å²) in [6.45, 7) is 1.21. The molecule has 0 radical (unpaired) electrons. The van der Waals surface area contributed by atoms with Crippen molar-refractivity contribution >= 4 is 30.8 Å². The number of fused-ring (bicyclic) bond motifs is 1. The Hall–Kier alpha value is -2.36. The maximum Gasteiger partial charge on any atom is 0.451 e. The van der Waals surface area contributed by atoms with E-state index in [1.165, 1.54) is 5.56 Å². The predicted octanol–water partition coefficient (Wildman–Crippen LogP) is 1.73. The van der Waals surface area contributed by atoms with Gasteiger partial charge in [-0.3, -0.25) is 4.79 Å². The number of aryl methyl sites for hydroxylation is 1. The Balaban J connectivity index is 1.62. The summed E-state index contributed by atoms with van der Waals surface area (Å²) in [5, 5.41) is 27.7. The Labute approximate surface area is 183 Å². The highest BCUT2D eigenvalue weighted by Crippen LogP contribution is 2.32. The van der Waals surface area contributed by atoms with Crippen molar-refractivity contribution in [3.8, 4) is 0 Å². The standard InChI is InChI=1S/C22H33BN4O4/c24-21(26-19-9-5-7-16-6-1-2-8-18(16)19)27-14-10-17(11-15-27)22(25,20(28)29)12-3-4-13-23(30)31/h2,5,7-9,17,30-31H,1,3-4,6,10-15,25H2,(H2,24,26)(H,28,29). The van der Waals surface area contributed by atoms with Crippen LogP contribution in [0.25, 0.3) is 6.08 Å². The van der Waals surface area contributed by atoms with Crippen LogP contribution in [0.1, 0.15) is 49.7 Å². The number of aliphatic imine (C=N–C) groups is 1. The number of hydrogen-bond donors (Lipinski definition) is 5. The molecule has 8 nitrogen and oxygen atoms in total. The van der Waals surface area contributed by atoms with Gasteiger partial charge in [-0.05, 0) is 56.0 Å². The Morgan fingerprint density at radius 3 is 2.68 bits per heavy atom. The summed E-state index contributed by atoms with van der Waals surface area (Å²) in [7, 11) is -1.37. The molecule has 1 aromatic carbocycles. The number of guanidine groups is 1. The Bertz CT molecular complexity index is 837. The summed E-state index contributed by atoms with van der Waals surface area (Å²) in [6, 6.07) is 6.09. The number of carboxylic acids is 1. The van der Waals surface area contributed by atoms with Crippen LogP contribution in [-0.2, 0) is 11.2 Å². The van der Waals surface area contributed by atoms with Gasteiger partial charge in [0.05, 0.1) is 5.69 Å². The number of hydrogen-bond acceptors (Lipinski definition) is 5. The van der Waals surface area contributed by atoms with Gasteiger partial charge in [-0.1, -0.05) is 37.1 Å². The van der Waals surface area contributed by atoms with E-state index in [2.05, 4.69) is 23.2 Å². The molecule has 0 aromatic heterocycles. The van der Waals surface area contributed by atoms with Crippen molar-refractivity contribution in [2.75, 3.05) is 13.1 Å². The van der Waals surface area contributed by atoms with Gasteiger partial charge in [-0.2, -0.15) is 0 Å². The van der Waals surface area contributed by atoms with E-state index in [0.717, 1.165) is 24.1 Å². The number of carbonyl (C=O) groups is 1. The fourth-order valence-electron chi connectivity index (χ4n) is 4.60. The lowest BCUT2D eigenvalue weighted by Gasteiger charge is -2.40. The number of unbranched alkanes of at least 4 members (excludes halogenated alkanes) is 1. The third-order valence-corrected chi connectivity index (χ3v) is 6.52. The molecule has 2 aliphatic rings. The van der Waals surface area contributed by atoms with Gasteiger partial charge in [0.25, 0.3) is 0 Å². The zero-order valence-electron chi connectivity index (χ0n) is 17.9. The number of likely N-dealkylation sites (tertiary alicyclic amines) is 1. The largest absolute Gasteiger partial charge is 0.480 e. The minimum Gasteiger partial charge on any atom is -0.480 e. The molecule has 1 aliphatic carbocycles. The maximum absolute atomic E-state index is 11.9. The minimum absolute atomic E-state index is 0.166. The average Bonchev–Trinajstić information content (AvgIpc) is 2.76. The van der Waals surface area contributed by atoms with Crippen molar-refractivity contribution in [2.45, 2.75) is 56.8 Å². The van der Waals surface area contributed by atoms with Gasteiger partial charge >= 0.3 is 13.1 Å². The van der Waals surface area contributed by atoms with Crippen molar-refractivity contribution < 1.29 is 19.9 Å². The molecule has 1 aliphatic heterocycles. The third-order valence-electron chi connectivity index (χ3n) is 6.52. The van der Waals surface area contributed by atoms with Crippen molar-refractivity contribution in [3.63, 3.8) is 0 Å². The quantitative estimate of drug-likeness (QED) is 0.183. The van der Waals surface area contributed by atoms with Gasteiger partial charge in [-0.25, -0.2) is 4.99 Å². The zero-order chi connectivity index (χ0) is 22.4. The molecule has 0 amide bonds. The molecule has 9 heteroatoms. The molecule has 3 rings (SSSR count). The number of allylic oxidation sites excluding steroid dienone is 1. The van der Waals surface area contributed by atoms with E-state index in [9.17, 15) is 9.90 Å². The zero-order valence-corrected chi connectivity index (χ0v) is 17.9. The number of rotatable bonds is 8. The van der Waals surface area contributed by atoms with Crippen LogP contribution in [0.2, 0.25) is 6.32 Å². The molecule has 1 unspecified atom stereocenters. The topological polar surface area (TPSA) is 145 Å². The Morgan fingerprint density at radius 1 is 1.26 bits per heavy atom. The van der Waals surface area contributed by atoms with Gasteiger partial charge in [0.15, 0.2) is 5.96 Å². The van der Waals surface area contributed by atoms with Gasteiger partial charge in [-0.15, -0.1) is 0 Å². The first kappa shape index (κ1) is 23.3. The first-order chi connectivity index (χ1) is 14.8. The van der Waals surface area contributed by atoms with E-state index in [-0.39, 0.29) is 12.2 Å². The van der Waals surface area contributed by atoms with Crippen LogP contribution < -0.4 is 11.5 Å². The second-order valence-electron chi connectivity index (χ2n) is 8.59. The van der Waals surface area contributed by atoms with E-state index in [1.54, 1.807) is 0 Å². The fraction of sp³-hybridized carbons (Fsp3) is 0.545. The van der Waals surface area contributed by atoms with E-state index < -0.39 is 18.6 Å². The Kier molecular flexibility index (Phi) is 7.75. The first-order valence-electron chi connectivity index (χ1n) is 11.1. The second kappa shape index (κ2) is 10.3. The average molecular weight is 428 g/mol. The lowest BCUT2D eigenvalue weighted by Crippen LogP contribution is -2.57. The lowest BCUT2D eigenvalue weighted by atomic mass is 9.74. The van der Waals surface area contributed by atoms with E-state index in [1.807, 2.05) is 17.0 Å². The molecule has 7 N–H and O–H groups in total. The lowest BCUT2D eigenvalue weighted by molar-refractivity contribution is -0.146. The molecule has 1 atom stereocenters. The molecule has 31 heavy (non-hydrogen) atoms. The summed E-state index contributed by atoms with van der Waals surface area (Å²) in [4.78, 5) is 18.6. The van der Waals surface area contributed by atoms with Gasteiger partial charge < -0.3 is 31.5 Å². The number of benzene rings is 1. The van der Waals surface area contributed by atoms with Crippen molar-refractivity contribution in [3.05, 3.63) is 35.4 Å². The van der Waals surface area contributed by atoms with Gasteiger partial charge in [0.2, 0.25) is 0 Å². The molecular formula is C22H33BN4O4. The molecule has 1 heterocycles. The minimum atomic E-state index is -1.37. The molecule has 1 saturated heterocycles. The van der Waals surface area contributed by atoms with Crippen LogP contribution >= 0.6 is 0 Å². The molecule has 1 aromatic rings. The summed E-state index contributed by atoms with van der Waals surface area (Å²) in [5.41, 5.74) is 14.6. The van der Waals surface area contributed by atoms with Crippen molar-refractivity contribution in [1.82, 2.24) is 4.90 Å². The van der Waals surface area contributed by atoms with E-state index in [0.29, 0.717) is 51.2 Å². The maximum atomic E-state index is 11.9. The summed E-state index contributed by atoms with van der Waals surface area (Å²) < 4.78 is 0. The van der Waals surface area contributed by atoms with E-state index in [4.69, 9.17) is 21.5 Å². The highest BCUT2D eigenvalue weighted by Gasteiger charge is 2.43. The molecule has 0 bridgehead atoms. The predicted molar refractivity (Wildman–Crippen MR) is 123 cm³/mol. The van der Waals surface area contributed by atoms with Crippen LogP contribution in [0.15, 0.2) is 29.3 Å². The van der Waals surface area contributed by atoms with Crippen LogP contribution in [0, 0.1) is 5.92 Å².